The van der Waals surface area contributed by atoms with Crippen molar-refractivity contribution in [2.75, 3.05) is 6.54 Å². The van der Waals surface area contributed by atoms with Crippen LogP contribution in [0.1, 0.15) is 48.1 Å². The van der Waals surface area contributed by atoms with Gasteiger partial charge in [0, 0.05) is 10.6 Å². The van der Waals surface area contributed by atoms with E-state index in [1.807, 2.05) is 0 Å². The lowest BCUT2D eigenvalue weighted by atomic mass is 9.79. The van der Waals surface area contributed by atoms with Crippen molar-refractivity contribution in [2.45, 2.75) is 44.0 Å². The fourth-order valence-electron chi connectivity index (χ4n) is 3.36. The maximum Gasteiger partial charge on any atom is 0.490 e. The molecule has 1 N–H and O–H groups in total. The van der Waals surface area contributed by atoms with Crippen LogP contribution in [0.25, 0.3) is 0 Å². The number of carbonyl (C=O) groups is 1. The van der Waals surface area contributed by atoms with Gasteiger partial charge in [0.15, 0.2) is 6.23 Å². The number of hydrogen-bond donors (Lipinski definition) is 1. The Bertz CT molecular complexity index is 603. The molecule has 120 valence electrons. The second-order valence-electron chi connectivity index (χ2n) is 5.64. The summed E-state index contributed by atoms with van der Waals surface area (Å²) in [5, 5.41) is 3.52. The van der Waals surface area contributed by atoms with Gasteiger partial charge in [0.05, 0.1) is 0 Å². The second kappa shape index (κ2) is 5.74. The van der Waals surface area contributed by atoms with E-state index in [1.54, 1.807) is 12.1 Å². The third-order valence-corrected chi connectivity index (χ3v) is 4.64. The number of esters is 1. The molecule has 0 amide bonds. The molecule has 1 aliphatic heterocycles. The van der Waals surface area contributed by atoms with Gasteiger partial charge < -0.3 is 4.74 Å². The van der Waals surface area contributed by atoms with Crippen LogP contribution in [0.5, 0.6) is 0 Å². The molecule has 0 saturated carbocycles. The second-order valence-corrected chi connectivity index (χ2v) is 6.05. The van der Waals surface area contributed by atoms with Gasteiger partial charge in [0.25, 0.3) is 0 Å². The van der Waals surface area contributed by atoms with E-state index in [-0.39, 0.29) is 5.92 Å². The molecule has 1 aliphatic carbocycles. The van der Waals surface area contributed by atoms with Gasteiger partial charge in [-0.3, -0.25) is 5.32 Å². The molecule has 0 bridgehead atoms. The van der Waals surface area contributed by atoms with E-state index in [1.165, 1.54) is 0 Å². The summed E-state index contributed by atoms with van der Waals surface area (Å²) in [6.45, 7) is 0.492. The van der Waals surface area contributed by atoms with Crippen molar-refractivity contribution in [1.29, 1.82) is 0 Å². The Balaban J connectivity index is 1.99. The molecule has 0 fully saturated rings. The number of nitrogens with one attached hydrogen (secondary N) is 1. The highest BCUT2D eigenvalue weighted by molar-refractivity contribution is 6.31. The number of ether oxygens (including phenoxy) is 1. The summed E-state index contributed by atoms with van der Waals surface area (Å²) in [5.41, 5.74) is 2.54. The average Bonchev–Trinajstić information content (AvgIpc) is 2.63. The van der Waals surface area contributed by atoms with Gasteiger partial charge in [0.2, 0.25) is 0 Å². The van der Waals surface area contributed by atoms with Crippen LogP contribution in [0.4, 0.5) is 13.2 Å². The molecule has 1 aromatic carbocycles. The fourth-order valence-corrected chi connectivity index (χ4v) is 3.62. The number of hydrogen-bond acceptors (Lipinski definition) is 3. The fraction of sp³-hybridized carbons (Fsp3) is 0.533. The van der Waals surface area contributed by atoms with Gasteiger partial charge in [-0.1, -0.05) is 17.7 Å². The maximum absolute atomic E-state index is 12.5. The van der Waals surface area contributed by atoms with Crippen LogP contribution in [0.15, 0.2) is 12.1 Å². The summed E-state index contributed by atoms with van der Waals surface area (Å²) in [4.78, 5) is 11.2. The van der Waals surface area contributed by atoms with E-state index < -0.39 is 18.4 Å². The Hall–Kier alpha value is -1.27. The lowest BCUT2D eigenvalue weighted by Crippen LogP contribution is -2.33. The molecule has 2 atom stereocenters. The zero-order chi connectivity index (χ0) is 15.9. The van der Waals surface area contributed by atoms with Crippen LogP contribution in [0, 0.1) is 0 Å². The molecular formula is C15H15ClF3NO2. The van der Waals surface area contributed by atoms with Gasteiger partial charge in [-0.25, -0.2) is 4.79 Å². The third-order valence-electron chi connectivity index (χ3n) is 4.28. The molecule has 0 aromatic heterocycles. The monoisotopic (exact) mass is 333 g/mol. The Morgan fingerprint density at radius 3 is 2.82 bits per heavy atom. The maximum atomic E-state index is 12.5. The van der Waals surface area contributed by atoms with Crippen molar-refractivity contribution in [3.63, 3.8) is 0 Å². The molecule has 7 heteroatoms. The first-order valence-corrected chi connectivity index (χ1v) is 7.58. The zero-order valence-electron chi connectivity index (χ0n) is 11.7. The molecule has 1 heterocycles. The van der Waals surface area contributed by atoms with Gasteiger partial charge in [0.1, 0.15) is 0 Å². The Kier molecular flexibility index (Phi) is 4.07. The van der Waals surface area contributed by atoms with E-state index in [4.69, 9.17) is 11.6 Å². The minimum Gasteiger partial charge on any atom is -0.436 e. The molecule has 1 aromatic rings. The summed E-state index contributed by atoms with van der Waals surface area (Å²) in [6, 6.07) is 3.33. The van der Waals surface area contributed by atoms with Crippen LogP contribution in [0.3, 0.4) is 0 Å². The summed E-state index contributed by atoms with van der Waals surface area (Å²) in [7, 11) is 0. The van der Waals surface area contributed by atoms with E-state index in [2.05, 4.69) is 10.1 Å². The van der Waals surface area contributed by atoms with Crippen molar-refractivity contribution in [2.24, 2.45) is 0 Å². The molecule has 2 unspecified atom stereocenters. The predicted molar refractivity (Wildman–Crippen MR) is 74.6 cm³/mol. The lowest BCUT2D eigenvalue weighted by Gasteiger charge is -2.28. The Morgan fingerprint density at radius 2 is 2.09 bits per heavy atom. The summed E-state index contributed by atoms with van der Waals surface area (Å²) < 4.78 is 42.0. The lowest BCUT2D eigenvalue weighted by molar-refractivity contribution is -0.206. The molecular weight excluding hydrogens is 319 g/mol. The summed E-state index contributed by atoms with van der Waals surface area (Å²) in [5.74, 6) is -1.93. The standard InChI is InChI=1S/C15H15ClF3NO2/c16-11-5-4-10-12-8(2-1-3-9(11)12)6-7-20-13(10)22-14(21)15(17,18)19/h4-5,8,13,20H,1-3,6-7H2. The molecule has 0 spiro atoms. The van der Waals surface area contributed by atoms with Crippen LogP contribution >= 0.6 is 11.6 Å². The van der Waals surface area contributed by atoms with Crippen molar-refractivity contribution in [3.8, 4) is 0 Å². The normalized spacial score (nSPS) is 24.4. The highest BCUT2D eigenvalue weighted by atomic mass is 35.5. The topological polar surface area (TPSA) is 38.3 Å². The van der Waals surface area contributed by atoms with Crippen molar-refractivity contribution in [1.82, 2.24) is 5.32 Å². The largest absolute Gasteiger partial charge is 0.490 e. The molecule has 3 nitrogen and oxygen atoms in total. The van der Waals surface area contributed by atoms with E-state index in [9.17, 15) is 18.0 Å². The predicted octanol–water partition coefficient (Wildman–Crippen LogP) is 3.86. The van der Waals surface area contributed by atoms with Crippen LogP contribution in [-0.2, 0) is 16.0 Å². The van der Waals surface area contributed by atoms with Gasteiger partial charge >= 0.3 is 12.1 Å². The SMILES string of the molecule is O=C(OC1NCCC2CCCc3c(Cl)ccc1c32)C(F)(F)F. The minimum absolute atomic E-state index is 0.250. The minimum atomic E-state index is -5.00. The molecule has 2 aliphatic rings. The summed E-state index contributed by atoms with van der Waals surface area (Å²) in [6.07, 6.45) is -2.50. The van der Waals surface area contributed by atoms with Gasteiger partial charge in [-0.2, -0.15) is 13.2 Å². The first-order valence-electron chi connectivity index (χ1n) is 7.20. The van der Waals surface area contributed by atoms with Crippen LogP contribution in [0.2, 0.25) is 5.02 Å². The quantitative estimate of drug-likeness (QED) is 0.793. The number of halogens is 4. The zero-order valence-corrected chi connectivity index (χ0v) is 12.4. The average molecular weight is 334 g/mol. The Labute approximate surface area is 130 Å². The van der Waals surface area contributed by atoms with E-state index >= 15 is 0 Å². The number of carbonyl (C=O) groups excluding carboxylic acids is 1. The highest BCUT2D eigenvalue weighted by Gasteiger charge is 2.43. The molecule has 22 heavy (non-hydrogen) atoms. The Morgan fingerprint density at radius 1 is 1.32 bits per heavy atom. The van der Waals surface area contributed by atoms with Crippen molar-refractivity contribution < 1.29 is 22.7 Å². The molecule has 3 rings (SSSR count). The first kappa shape index (κ1) is 15.6. The van der Waals surface area contributed by atoms with Crippen LogP contribution < -0.4 is 5.32 Å². The van der Waals surface area contributed by atoms with Crippen molar-refractivity contribution >= 4 is 17.6 Å². The van der Waals surface area contributed by atoms with Gasteiger partial charge in [-0.15, -0.1) is 0 Å². The number of alkyl halides is 3. The van der Waals surface area contributed by atoms with E-state index in [0.717, 1.165) is 36.8 Å². The smallest absolute Gasteiger partial charge is 0.436 e. The molecule has 0 radical (unpaired) electrons. The first-order chi connectivity index (χ1) is 10.4. The number of benzene rings is 1. The van der Waals surface area contributed by atoms with Crippen LogP contribution in [-0.4, -0.2) is 18.7 Å². The van der Waals surface area contributed by atoms with E-state index in [0.29, 0.717) is 17.1 Å². The molecule has 0 saturated heterocycles. The van der Waals surface area contributed by atoms with Crippen molar-refractivity contribution in [3.05, 3.63) is 33.8 Å². The van der Waals surface area contributed by atoms with Gasteiger partial charge in [-0.05, 0) is 55.3 Å². The summed E-state index contributed by atoms with van der Waals surface area (Å²) >= 11 is 6.23. The third kappa shape index (κ3) is 2.82. The highest BCUT2D eigenvalue weighted by Crippen LogP contribution is 2.43. The number of rotatable bonds is 1.